The van der Waals surface area contributed by atoms with Crippen molar-refractivity contribution in [2.75, 3.05) is 6.54 Å². The maximum atomic E-state index is 5.96. The van der Waals surface area contributed by atoms with Gasteiger partial charge in [-0.3, -0.25) is 4.98 Å². The molecule has 0 aliphatic heterocycles. The first kappa shape index (κ1) is 11.9. The molecule has 1 atom stereocenters. The third kappa shape index (κ3) is 2.35. The average molecular weight is 248 g/mol. The molecule has 0 amide bonds. The summed E-state index contributed by atoms with van der Waals surface area (Å²) in [6.45, 7) is 0.600. The van der Waals surface area contributed by atoms with Gasteiger partial charge in [0.25, 0.3) is 0 Å². The minimum Gasteiger partial charge on any atom is -0.330 e. The molecule has 1 aromatic heterocycles. The molecule has 2 N–H and O–H groups in total. The second kappa shape index (κ2) is 5.21. The fourth-order valence-electron chi connectivity index (χ4n) is 2.48. The second-order valence-corrected chi connectivity index (χ2v) is 4.68. The monoisotopic (exact) mass is 248 g/mol. The lowest BCUT2D eigenvalue weighted by Gasteiger charge is -2.16. The number of benzene rings is 2. The molecule has 0 fully saturated rings. The number of hydrogen-bond acceptors (Lipinski definition) is 2. The summed E-state index contributed by atoms with van der Waals surface area (Å²) in [5.41, 5.74) is 8.43. The number of fused-ring (bicyclic) bond motifs is 1. The summed E-state index contributed by atoms with van der Waals surface area (Å²) in [4.78, 5) is 4.06. The Morgan fingerprint density at radius 1 is 0.842 bits per heavy atom. The van der Waals surface area contributed by atoms with Gasteiger partial charge in [0.15, 0.2) is 0 Å². The smallest absolute Gasteiger partial charge is 0.0270 e. The van der Waals surface area contributed by atoms with Crippen molar-refractivity contribution in [2.45, 2.75) is 5.92 Å². The largest absolute Gasteiger partial charge is 0.330 e. The van der Waals surface area contributed by atoms with E-state index < -0.39 is 0 Å². The summed E-state index contributed by atoms with van der Waals surface area (Å²) < 4.78 is 0. The fraction of sp³-hybridized carbons (Fsp3) is 0.118. The molecule has 2 heteroatoms. The van der Waals surface area contributed by atoms with E-state index in [2.05, 4.69) is 47.4 Å². The Morgan fingerprint density at radius 3 is 2.32 bits per heavy atom. The van der Waals surface area contributed by atoms with Crippen LogP contribution in [0.1, 0.15) is 17.0 Å². The van der Waals surface area contributed by atoms with Crippen LogP contribution in [0.2, 0.25) is 0 Å². The molecule has 19 heavy (non-hydrogen) atoms. The topological polar surface area (TPSA) is 38.9 Å². The standard InChI is InChI=1S/C17H16N2/c18-12-17(14-7-9-19-10-8-14)16-6-5-13-3-1-2-4-15(13)11-16/h1-11,17H,12,18H2. The second-order valence-electron chi connectivity index (χ2n) is 4.68. The molecule has 3 aromatic rings. The molecule has 0 radical (unpaired) electrons. The van der Waals surface area contributed by atoms with Gasteiger partial charge in [-0.2, -0.15) is 0 Å². The predicted molar refractivity (Wildman–Crippen MR) is 79.1 cm³/mol. The Balaban J connectivity index is 2.06. The number of nitrogens with zero attached hydrogens (tertiary/aromatic N) is 1. The first-order valence-electron chi connectivity index (χ1n) is 6.47. The Kier molecular flexibility index (Phi) is 3.25. The van der Waals surface area contributed by atoms with Crippen LogP contribution < -0.4 is 5.73 Å². The van der Waals surface area contributed by atoms with Crippen molar-refractivity contribution in [2.24, 2.45) is 5.73 Å². The van der Waals surface area contributed by atoms with E-state index in [9.17, 15) is 0 Å². The van der Waals surface area contributed by atoms with E-state index in [1.165, 1.54) is 21.9 Å². The van der Waals surface area contributed by atoms with Crippen molar-refractivity contribution in [1.82, 2.24) is 4.98 Å². The van der Waals surface area contributed by atoms with Gasteiger partial charge in [0.1, 0.15) is 0 Å². The summed E-state index contributed by atoms with van der Waals surface area (Å²) in [6, 6.07) is 19.0. The molecule has 0 saturated carbocycles. The van der Waals surface area contributed by atoms with E-state index in [-0.39, 0.29) is 5.92 Å². The zero-order valence-electron chi connectivity index (χ0n) is 10.7. The lowest BCUT2D eigenvalue weighted by Crippen LogP contribution is -2.13. The van der Waals surface area contributed by atoms with Crippen LogP contribution in [0.3, 0.4) is 0 Å². The zero-order chi connectivity index (χ0) is 13.1. The lowest BCUT2D eigenvalue weighted by atomic mass is 9.90. The molecule has 3 rings (SSSR count). The SMILES string of the molecule is NCC(c1ccncc1)c1ccc2ccccc2c1. The highest BCUT2D eigenvalue weighted by Gasteiger charge is 2.12. The molecular formula is C17H16N2. The molecule has 0 saturated heterocycles. The van der Waals surface area contributed by atoms with Crippen molar-refractivity contribution in [1.29, 1.82) is 0 Å². The van der Waals surface area contributed by atoms with E-state index >= 15 is 0 Å². The fourth-order valence-corrected chi connectivity index (χ4v) is 2.48. The summed E-state index contributed by atoms with van der Waals surface area (Å²) >= 11 is 0. The van der Waals surface area contributed by atoms with Crippen LogP contribution in [0.4, 0.5) is 0 Å². The molecule has 2 aromatic carbocycles. The predicted octanol–water partition coefficient (Wildman–Crippen LogP) is 3.33. The summed E-state index contributed by atoms with van der Waals surface area (Å²) in [5, 5.41) is 2.52. The Hall–Kier alpha value is -2.19. The Morgan fingerprint density at radius 2 is 1.58 bits per heavy atom. The van der Waals surface area contributed by atoms with Gasteiger partial charge in [0.05, 0.1) is 0 Å². The van der Waals surface area contributed by atoms with Gasteiger partial charge in [-0.05, 0) is 34.0 Å². The van der Waals surface area contributed by atoms with Crippen LogP contribution in [0.15, 0.2) is 67.0 Å². The van der Waals surface area contributed by atoms with Gasteiger partial charge in [0, 0.05) is 24.9 Å². The normalized spacial score (nSPS) is 12.5. The molecule has 2 nitrogen and oxygen atoms in total. The maximum absolute atomic E-state index is 5.96. The third-order valence-electron chi connectivity index (χ3n) is 3.52. The van der Waals surface area contributed by atoms with Crippen LogP contribution in [0.25, 0.3) is 10.8 Å². The highest BCUT2D eigenvalue weighted by Crippen LogP contribution is 2.26. The highest BCUT2D eigenvalue weighted by atomic mass is 14.6. The molecule has 0 aliphatic carbocycles. The van der Waals surface area contributed by atoms with Gasteiger partial charge in [-0.25, -0.2) is 0 Å². The molecule has 0 spiro atoms. The van der Waals surface area contributed by atoms with E-state index in [0.29, 0.717) is 6.54 Å². The zero-order valence-corrected chi connectivity index (χ0v) is 10.7. The van der Waals surface area contributed by atoms with Crippen molar-refractivity contribution in [3.63, 3.8) is 0 Å². The van der Waals surface area contributed by atoms with E-state index in [4.69, 9.17) is 5.73 Å². The summed E-state index contributed by atoms with van der Waals surface area (Å²) in [7, 11) is 0. The molecule has 1 heterocycles. The van der Waals surface area contributed by atoms with Crippen LogP contribution in [-0.2, 0) is 0 Å². The number of aromatic nitrogens is 1. The third-order valence-corrected chi connectivity index (χ3v) is 3.52. The average Bonchev–Trinajstić information content (AvgIpc) is 2.49. The van der Waals surface area contributed by atoms with Gasteiger partial charge in [0.2, 0.25) is 0 Å². The highest BCUT2D eigenvalue weighted by molar-refractivity contribution is 5.83. The molecule has 0 aliphatic rings. The molecule has 94 valence electrons. The molecular weight excluding hydrogens is 232 g/mol. The number of pyridine rings is 1. The van der Waals surface area contributed by atoms with Crippen molar-refractivity contribution < 1.29 is 0 Å². The van der Waals surface area contributed by atoms with E-state index in [0.717, 1.165) is 0 Å². The number of rotatable bonds is 3. The first-order chi connectivity index (χ1) is 9.38. The van der Waals surface area contributed by atoms with Crippen LogP contribution in [-0.4, -0.2) is 11.5 Å². The molecule has 1 unspecified atom stereocenters. The number of nitrogens with two attached hydrogens (primary N) is 1. The maximum Gasteiger partial charge on any atom is 0.0270 e. The van der Waals surface area contributed by atoms with Gasteiger partial charge < -0.3 is 5.73 Å². The summed E-state index contributed by atoms with van der Waals surface area (Å²) in [5.74, 6) is 0.229. The van der Waals surface area contributed by atoms with Crippen molar-refractivity contribution >= 4 is 10.8 Å². The van der Waals surface area contributed by atoms with Gasteiger partial charge in [-0.1, -0.05) is 42.5 Å². The van der Waals surface area contributed by atoms with Crippen molar-refractivity contribution in [3.05, 3.63) is 78.1 Å². The Labute approximate surface area is 112 Å². The number of hydrogen-bond donors (Lipinski definition) is 1. The lowest BCUT2D eigenvalue weighted by molar-refractivity contribution is 0.818. The minimum absolute atomic E-state index is 0.229. The van der Waals surface area contributed by atoms with E-state index in [1.54, 1.807) is 0 Å². The van der Waals surface area contributed by atoms with Crippen LogP contribution in [0.5, 0.6) is 0 Å². The van der Waals surface area contributed by atoms with Crippen molar-refractivity contribution in [3.8, 4) is 0 Å². The van der Waals surface area contributed by atoms with Gasteiger partial charge in [-0.15, -0.1) is 0 Å². The van der Waals surface area contributed by atoms with Crippen LogP contribution in [0, 0.1) is 0 Å². The van der Waals surface area contributed by atoms with E-state index in [1.807, 2.05) is 24.5 Å². The minimum atomic E-state index is 0.229. The summed E-state index contributed by atoms with van der Waals surface area (Å²) in [6.07, 6.45) is 3.64. The van der Waals surface area contributed by atoms with Crippen LogP contribution >= 0.6 is 0 Å². The van der Waals surface area contributed by atoms with Gasteiger partial charge >= 0.3 is 0 Å². The quantitative estimate of drug-likeness (QED) is 0.772. The first-order valence-corrected chi connectivity index (χ1v) is 6.47. The Bertz CT molecular complexity index is 677. The molecule has 0 bridgehead atoms.